The number of carbonyl (C=O) groups excluding carboxylic acids is 1. The van der Waals surface area contributed by atoms with Crippen molar-refractivity contribution in [2.75, 3.05) is 0 Å². The fourth-order valence-electron chi connectivity index (χ4n) is 2.00. The Morgan fingerprint density at radius 1 is 1.56 bits per heavy atom. The van der Waals surface area contributed by atoms with Crippen molar-refractivity contribution >= 4 is 34.0 Å². The second-order valence-electron chi connectivity index (χ2n) is 4.40. The smallest absolute Gasteiger partial charge is 0.227 e. The summed E-state index contributed by atoms with van der Waals surface area (Å²) in [4.78, 5) is 11.6. The van der Waals surface area contributed by atoms with Crippen LogP contribution in [-0.2, 0) is 0 Å². The lowest BCUT2D eigenvalue weighted by Gasteiger charge is -2.08. The number of nitriles is 1. The van der Waals surface area contributed by atoms with Crippen molar-refractivity contribution in [2.45, 2.75) is 20.3 Å². The fourth-order valence-corrected chi connectivity index (χ4v) is 2.32. The number of carbonyl (C=O) groups is 1. The van der Waals surface area contributed by atoms with Crippen LogP contribution in [0.1, 0.15) is 30.6 Å². The van der Waals surface area contributed by atoms with Crippen LogP contribution in [0.3, 0.4) is 0 Å². The molecule has 3 nitrogen and oxygen atoms in total. The summed E-state index contributed by atoms with van der Waals surface area (Å²) in [6.45, 7) is 3.62. The van der Waals surface area contributed by atoms with Gasteiger partial charge < -0.3 is 0 Å². The monoisotopic (exact) mass is 304 g/mol. The van der Waals surface area contributed by atoms with E-state index in [4.69, 9.17) is 5.26 Å². The second kappa shape index (κ2) is 4.95. The molecule has 1 unspecified atom stereocenters. The van der Waals surface area contributed by atoms with Crippen molar-refractivity contribution < 1.29 is 4.79 Å². The molecule has 1 atom stereocenters. The van der Waals surface area contributed by atoms with E-state index in [1.165, 1.54) is 6.92 Å². The third-order valence-electron chi connectivity index (χ3n) is 3.09. The van der Waals surface area contributed by atoms with Crippen molar-refractivity contribution in [2.24, 2.45) is 5.92 Å². The van der Waals surface area contributed by atoms with Crippen LogP contribution in [0.5, 0.6) is 0 Å². The van der Waals surface area contributed by atoms with Gasteiger partial charge in [0.15, 0.2) is 0 Å². The minimum absolute atomic E-state index is 0.0753. The summed E-state index contributed by atoms with van der Waals surface area (Å²) in [5, 5.41) is 10.8. The highest BCUT2D eigenvalue weighted by Crippen LogP contribution is 2.21. The zero-order valence-electron chi connectivity index (χ0n) is 10.3. The summed E-state index contributed by atoms with van der Waals surface area (Å²) in [5.74, 6) is 0.295. The molecule has 0 spiro atoms. The van der Waals surface area contributed by atoms with Crippen molar-refractivity contribution in [1.82, 2.24) is 4.57 Å². The summed E-state index contributed by atoms with van der Waals surface area (Å²) >= 11 is 3.53. The van der Waals surface area contributed by atoms with Gasteiger partial charge in [-0.3, -0.25) is 9.36 Å². The SMILES string of the molecule is CC(=O)n1cc(C#N)c2c1=CCC(C)C(Br)=CC=2. The van der Waals surface area contributed by atoms with Gasteiger partial charge in [-0.25, -0.2) is 0 Å². The van der Waals surface area contributed by atoms with Gasteiger partial charge in [0.05, 0.1) is 10.9 Å². The lowest BCUT2D eigenvalue weighted by molar-refractivity contribution is 0.0933. The first kappa shape index (κ1) is 12.8. The number of allylic oxidation sites excluding steroid dienone is 2. The van der Waals surface area contributed by atoms with Crippen molar-refractivity contribution in [3.05, 3.63) is 32.9 Å². The van der Waals surface area contributed by atoms with Gasteiger partial charge in [0.1, 0.15) is 6.07 Å². The van der Waals surface area contributed by atoms with Gasteiger partial charge in [-0.15, -0.1) is 0 Å². The zero-order chi connectivity index (χ0) is 13.3. The second-order valence-corrected chi connectivity index (χ2v) is 5.32. The molecule has 1 aliphatic carbocycles. The molecular weight excluding hydrogens is 292 g/mol. The maximum Gasteiger partial charge on any atom is 0.227 e. The maximum atomic E-state index is 11.6. The minimum atomic E-state index is -0.0753. The molecule has 0 bridgehead atoms. The number of halogens is 1. The normalized spacial score (nSPS) is 18.3. The molecule has 0 radical (unpaired) electrons. The quantitative estimate of drug-likeness (QED) is 0.735. The number of aromatic nitrogens is 1. The van der Waals surface area contributed by atoms with Crippen molar-refractivity contribution in [1.29, 1.82) is 5.26 Å². The van der Waals surface area contributed by atoms with E-state index in [2.05, 4.69) is 28.9 Å². The summed E-state index contributed by atoms with van der Waals surface area (Å²) < 4.78 is 2.65. The van der Waals surface area contributed by atoms with E-state index >= 15 is 0 Å². The van der Waals surface area contributed by atoms with Crippen LogP contribution in [0.25, 0.3) is 12.2 Å². The largest absolute Gasteiger partial charge is 0.286 e. The van der Waals surface area contributed by atoms with E-state index in [9.17, 15) is 4.79 Å². The first-order chi connectivity index (χ1) is 8.54. The van der Waals surface area contributed by atoms with Crippen LogP contribution in [0, 0.1) is 17.2 Å². The Hall–Kier alpha value is -1.60. The zero-order valence-corrected chi connectivity index (χ0v) is 11.9. The summed E-state index contributed by atoms with van der Waals surface area (Å²) in [6, 6.07) is 2.14. The van der Waals surface area contributed by atoms with Gasteiger partial charge >= 0.3 is 0 Å². The summed E-state index contributed by atoms with van der Waals surface area (Å²) in [7, 11) is 0. The topological polar surface area (TPSA) is 45.8 Å². The number of fused-ring (bicyclic) bond motifs is 1. The molecular formula is C14H13BrN2O. The predicted octanol–water partition coefficient (Wildman–Crippen LogP) is 1.90. The molecule has 0 aliphatic heterocycles. The highest BCUT2D eigenvalue weighted by atomic mass is 79.9. The van der Waals surface area contributed by atoms with Gasteiger partial charge in [0, 0.05) is 18.3 Å². The van der Waals surface area contributed by atoms with Crippen LogP contribution in [0.2, 0.25) is 0 Å². The van der Waals surface area contributed by atoms with Crippen LogP contribution < -0.4 is 10.6 Å². The van der Waals surface area contributed by atoms with E-state index in [1.54, 1.807) is 10.8 Å². The van der Waals surface area contributed by atoms with Crippen molar-refractivity contribution in [3.8, 4) is 6.07 Å². The maximum absolute atomic E-state index is 11.6. The number of hydrogen-bond acceptors (Lipinski definition) is 2. The average Bonchev–Trinajstić information content (AvgIpc) is 2.68. The molecule has 1 aromatic heterocycles. The van der Waals surface area contributed by atoms with Crippen LogP contribution >= 0.6 is 15.9 Å². The van der Waals surface area contributed by atoms with E-state index in [0.29, 0.717) is 11.5 Å². The fraction of sp³-hybridized carbons (Fsp3) is 0.286. The van der Waals surface area contributed by atoms with E-state index < -0.39 is 0 Å². The van der Waals surface area contributed by atoms with E-state index in [0.717, 1.165) is 21.5 Å². The average molecular weight is 305 g/mol. The Morgan fingerprint density at radius 3 is 2.89 bits per heavy atom. The molecule has 92 valence electrons. The van der Waals surface area contributed by atoms with E-state index in [1.807, 2.05) is 18.2 Å². The molecule has 0 saturated heterocycles. The van der Waals surface area contributed by atoms with Gasteiger partial charge in [-0.1, -0.05) is 41.1 Å². The molecule has 1 aromatic rings. The lowest BCUT2D eigenvalue weighted by Crippen LogP contribution is -2.33. The minimum Gasteiger partial charge on any atom is -0.286 e. The number of nitrogens with zero attached hydrogens (tertiary/aromatic N) is 2. The molecule has 18 heavy (non-hydrogen) atoms. The molecule has 4 heteroatoms. The van der Waals surface area contributed by atoms with Crippen LogP contribution in [0.4, 0.5) is 0 Å². The van der Waals surface area contributed by atoms with Gasteiger partial charge in [0.2, 0.25) is 5.91 Å². The van der Waals surface area contributed by atoms with E-state index in [-0.39, 0.29) is 5.91 Å². The Bertz CT molecular complexity index is 689. The Balaban J connectivity index is 2.83. The molecule has 0 amide bonds. The molecule has 1 heterocycles. The first-order valence-corrected chi connectivity index (χ1v) is 6.54. The van der Waals surface area contributed by atoms with Crippen LogP contribution in [0.15, 0.2) is 16.8 Å². The van der Waals surface area contributed by atoms with Crippen LogP contribution in [-0.4, -0.2) is 10.5 Å². The summed E-state index contributed by atoms with van der Waals surface area (Å²) in [6.07, 6.45) is 8.32. The molecule has 0 aromatic carbocycles. The van der Waals surface area contributed by atoms with Gasteiger partial charge in [-0.2, -0.15) is 5.26 Å². The lowest BCUT2D eigenvalue weighted by atomic mass is 10.0. The number of hydrogen-bond donors (Lipinski definition) is 0. The van der Waals surface area contributed by atoms with Gasteiger partial charge in [0.25, 0.3) is 0 Å². The third kappa shape index (κ3) is 2.19. The molecule has 2 rings (SSSR count). The highest BCUT2D eigenvalue weighted by molar-refractivity contribution is 9.11. The predicted molar refractivity (Wildman–Crippen MR) is 74.4 cm³/mol. The summed E-state index contributed by atoms with van der Waals surface area (Å²) in [5.41, 5.74) is 0.530. The molecule has 1 aliphatic rings. The standard InChI is InChI=1S/C14H13BrN2O/c1-9-3-6-14-12(4-5-13(9)15)11(7-16)8-17(14)10(2)18/h4-6,8-9H,3H2,1-2H3. The molecule has 0 N–H and O–H groups in total. The van der Waals surface area contributed by atoms with Gasteiger partial charge in [-0.05, 0) is 16.8 Å². The third-order valence-corrected chi connectivity index (χ3v) is 4.13. The Morgan fingerprint density at radius 2 is 2.28 bits per heavy atom. The van der Waals surface area contributed by atoms with Crippen molar-refractivity contribution in [3.63, 3.8) is 0 Å². The Kier molecular flexibility index (Phi) is 3.53. The first-order valence-electron chi connectivity index (χ1n) is 5.74. The Labute approximate surface area is 114 Å². The highest BCUT2D eigenvalue weighted by Gasteiger charge is 2.11. The molecule has 0 fully saturated rings. The number of rotatable bonds is 0. The molecule has 0 saturated carbocycles.